The Morgan fingerprint density at radius 2 is 2.12 bits per heavy atom. The third-order valence-electron chi connectivity index (χ3n) is 2.86. The molecular weight excluding hydrogens is 202 g/mol. The van der Waals surface area contributed by atoms with E-state index in [-0.39, 0.29) is 6.04 Å². The van der Waals surface area contributed by atoms with Gasteiger partial charge in [-0.2, -0.15) is 0 Å². The number of rotatable bonds is 3. The number of para-hydroxylation sites is 1. The van der Waals surface area contributed by atoms with Gasteiger partial charge in [-0.25, -0.2) is 0 Å². The maximum atomic E-state index is 5.98. The zero-order chi connectivity index (χ0) is 11.4. The molecule has 1 aromatic carbocycles. The van der Waals surface area contributed by atoms with Crippen LogP contribution in [0.4, 0.5) is 0 Å². The summed E-state index contributed by atoms with van der Waals surface area (Å²) in [5.74, 6) is 1.75. The van der Waals surface area contributed by atoms with E-state index in [2.05, 4.69) is 13.0 Å². The molecule has 1 unspecified atom stereocenters. The Hall–Kier alpha value is -1.22. The summed E-state index contributed by atoms with van der Waals surface area (Å²) in [7, 11) is 0. The van der Waals surface area contributed by atoms with Gasteiger partial charge in [0.05, 0.1) is 13.2 Å². The van der Waals surface area contributed by atoms with Crippen molar-refractivity contribution >= 4 is 0 Å². The molecule has 1 atom stereocenters. The van der Waals surface area contributed by atoms with Crippen molar-refractivity contribution in [3.8, 4) is 11.5 Å². The maximum absolute atomic E-state index is 5.98. The van der Waals surface area contributed by atoms with Crippen LogP contribution in [-0.2, 0) is 6.42 Å². The molecule has 2 rings (SSSR count). The van der Waals surface area contributed by atoms with E-state index in [1.165, 1.54) is 0 Å². The first-order valence-electron chi connectivity index (χ1n) is 5.94. The van der Waals surface area contributed by atoms with Crippen molar-refractivity contribution in [3.63, 3.8) is 0 Å². The highest BCUT2D eigenvalue weighted by Crippen LogP contribution is 2.33. The smallest absolute Gasteiger partial charge is 0.164 e. The van der Waals surface area contributed by atoms with Crippen LogP contribution in [0.1, 0.15) is 25.3 Å². The van der Waals surface area contributed by atoms with Crippen molar-refractivity contribution in [3.05, 3.63) is 23.8 Å². The van der Waals surface area contributed by atoms with Crippen LogP contribution in [0, 0.1) is 0 Å². The number of nitrogens with two attached hydrogens (primary N) is 1. The second-order valence-corrected chi connectivity index (χ2v) is 4.17. The van der Waals surface area contributed by atoms with Crippen LogP contribution >= 0.6 is 0 Å². The van der Waals surface area contributed by atoms with Crippen molar-refractivity contribution in [1.29, 1.82) is 0 Å². The fourth-order valence-electron chi connectivity index (χ4n) is 1.84. The Kier molecular flexibility index (Phi) is 3.67. The average Bonchev–Trinajstić information content (AvgIpc) is 2.54. The normalized spacial score (nSPS) is 16.6. The number of hydrogen-bond donors (Lipinski definition) is 1. The van der Waals surface area contributed by atoms with Gasteiger partial charge < -0.3 is 15.2 Å². The van der Waals surface area contributed by atoms with Crippen LogP contribution in [0.15, 0.2) is 18.2 Å². The minimum atomic E-state index is 0.193. The third-order valence-corrected chi connectivity index (χ3v) is 2.86. The van der Waals surface area contributed by atoms with E-state index in [0.29, 0.717) is 0 Å². The average molecular weight is 221 g/mol. The Balaban J connectivity index is 2.24. The molecule has 0 saturated carbocycles. The fourth-order valence-corrected chi connectivity index (χ4v) is 1.84. The highest BCUT2D eigenvalue weighted by Gasteiger charge is 2.15. The molecule has 1 aromatic rings. The van der Waals surface area contributed by atoms with Gasteiger partial charge >= 0.3 is 0 Å². The summed E-state index contributed by atoms with van der Waals surface area (Å²) in [6.07, 6.45) is 2.77. The lowest BCUT2D eigenvalue weighted by molar-refractivity contribution is 0.296. The predicted molar refractivity (Wildman–Crippen MR) is 64.0 cm³/mol. The van der Waals surface area contributed by atoms with Gasteiger partial charge in [0.1, 0.15) is 0 Å². The van der Waals surface area contributed by atoms with Gasteiger partial charge in [0.2, 0.25) is 0 Å². The fraction of sp³-hybridized carbons (Fsp3) is 0.538. The summed E-state index contributed by atoms with van der Waals surface area (Å²) in [6, 6.07) is 6.23. The molecule has 1 aliphatic rings. The van der Waals surface area contributed by atoms with Gasteiger partial charge in [0.15, 0.2) is 11.5 Å². The Bertz CT molecular complexity index is 352. The molecule has 2 N–H and O–H groups in total. The third kappa shape index (κ3) is 2.47. The van der Waals surface area contributed by atoms with Crippen LogP contribution in [0.2, 0.25) is 0 Å². The topological polar surface area (TPSA) is 44.5 Å². The Labute approximate surface area is 96.5 Å². The molecule has 0 fully saturated rings. The first-order chi connectivity index (χ1) is 7.81. The van der Waals surface area contributed by atoms with Crippen LogP contribution in [0.25, 0.3) is 0 Å². The largest absolute Gasteiger partial charge is 0.490 e. The standard InChI is InChI=1S/C13H19NO2/c1-2-11(14)9-10-5-3-6-12-13(10)16-8-4-7-15-12/h3,5-6,11H,2,4,7-9,14H2,1H3. The number of ether oxygens (including phenoxy) is 2. The first-order valence-corrected chi connectivity index (χ1v) is 5.94. The van der Waals surface area contributed by atoms with Crippen molar-refractivity contribution in [2.45, 2.75) is 32.2 Å². The number of hydrogen-bond acceptors (Lipinski definition) is 3. The van der Waals surface area contributed by atoms with Crippen LogP contribution < -0.4 is 15.2 Å². The Morgan fingerprint density at radius 1 is 1.31 bits per heavy atom. The molecule has 0 aromatic heterocycles. The monoisotopic (exact) mass is 221 g/mol. The molecule has 0 aliphatic carbocycles. The van der Waals surface area contributed by atoms with Gasteiger partial charge in [-0.15, -0.1) is 0 Å². The second kappa shape index (κ2) is 5.21. The molecule has 1 aliphatic heterocycles. The van der Waals surface area contributed by atoms with Gasteiger partial charge in [-0.1, -0.05) is 19.1 Å². The lowest BCUT2D eigenvalue weighted by atomic mass is 10.0. The molecule has 0 spiro atoms. The first kappa shape index (κ1) is 11.3. The SMILES string of the molecule is CCC(N)Cc1cccc2c1OCCCO2. The van der Waals surface area contributed by atoms with E-state index in [9.17, 15) is 0 Å². The minimum absolute atomic E-state index is 0.193. The molecule has 3 nitrogen and oxygen atoms in total. The van der Waals surface area contributed by atoms with E-state index in [0.717, 1.165) is 49.5 Å². The highest BCUT2D eigenvalue weighted by atomic mass is 16.5. The van der Waals surface area contributed by atoms with E-state index in [1.54, 1.807) is 0 Å². The summed E-state index contributed by atoms with van der Waals surface area (Å²) < 4.78 is 11.4. The molecule has 0 saturated heterocycles. The van der Waals surface area contributed by atoms with E-state index in [1.807, 2.05) is 12.1 Å². The van der Waals surface area contributed by atoms with Crippen molar-refractivity contribution < 1.29 is 9.47 Å². The molecular formula is C13H19NO2. The van der Waals surface area contributed by atoms with E-state index < -0.39 is 0 Å². The lowest BCUT2D eigenvalue weighted by Crippen LogP contribution is -2.21. The molecule has 0 amide bonds. The number of benzene rings is 1. The molecule has 88 valence electrons. The Morgan fingerprint density at radius 3 is 2.94 bits per heavy atom. The van der Waals surface area contributed by atoms with Crippen molar-refractivity contribution in [2.75, 3.05) is 13.2 Å². The van der Waals surface area contributed by atoms with Crippen LogP contribution in [-0.4, -0.2) is 19.3 Å². The van der Waals surface area contributed by atoms with E-state index in [4.69, 9.17) is 15.2 Å². The van der Waals surface area contributed by atoms with Gasteiger partial charge in [0, 0.05) is 12.5 Å². The predicted octanol–water partition coefficient (Wildman–Crippen LogP) is 2.13. The molecule has 3 heteroatoms. The number of fused-ring (bicyclic) bond motifs is 1. The lowest BCUT2D eigenvalue weighted by Gasteiger charge is -2.14. The van der Waals surface area contributed by atoms with Crippen LogP contribution in [0.5, 0.6) is 11.5 Å². The quantitative estimate of drug-likeness (QED) is 0.850. The summed E-state index contributed by atoms with van der Waals surface area (Å²) in [6.45, 7) is 3.56. The van der Waals surface area contributed by atoms with Gasteiger partial charge in [-0.05, 0) is 24.5 Å². The van der Waals surface area contributed by atoms with Gasteiger partial charge in [-0.3, -0.25) is 0 Å². The second-order valence-electron chi connectivity index (χ2n) is 4.17. The maximum Gasteiger partial charge on any atom is 0.164 e. The zero-order valence-electron chi connectivity index (χ0n) is 9.74. The molecule has 16 heavy (non-hydrogen) atoms. The summed E-state index contributed by atoms with van der Waals surface area (Å²) in [4.78, 5) is 0. The van der Waals surface area contributed by atoms with E-state index >= 15 is 0 Å². The zero-order valence-corrected chi connectivity index (χ0v) is 9.74. The van der Waals surface area contributed by atoms with Crippen molar-refractivity contribution in [2.24, 2.45) is 5.73 Å². The summed E-state index contributed by atoms with van der Waals surface area (Å²) in [5, 5.41) is 0. The highest BCUT2D eigenvalue weighted by molar-refractivity contribution is 5.47. The summed E-state index contributed by atoms with van der Waals surface area (Å²) in [5.41, 5.74) is 7.14. The minimum Gasteiger partial charge on any atom is -0.490 e. The van der Waals surface area contributed by atoms with Crippen molar-refractivity contribution in [1.82, 2.24) is 0 Å². The summed E-state index contributed by atoms with van der Waals surface area (Å²) >= 11 is 0. The van der Waals surface area contributed by atoms with Gasteiger partial charge in [0.25, 0.3) is 0 Å². The molecule has 0 bridgehead atoms. The molecule has 0 radical (unpaired) electrons. The van der Waals surface area contributed by atoms with Crippen LogP contribution in [0.3, 0.4) is 0 Å². The molecule has 1 heterocycles.